The highest BCUT2D eigenvalue weighted by atomic mass is 32.2. The van der Waals surface area contributed by atoms with Crippen LogP contribution in [0.2, 0.25) is 0 Å². The van der Waals surface area contributed by atoms with E-state index in [1.165, 1.54) is 0 Å². The molecule has 6 nitrogen and oxygen atoms in total. The van der Waals surface area contributed by atoms with Gasteiger partial charge in [0.1, 0.15) is 17.5 Å². The lowest BCUT2D eigenvalue weighted by Crippen LogP contribution is -2.30. The molecule has 2 rings (SSSR count). The fraction of sp³-hybridized carbons (Fsp3) is 0.714. The van der Waals surface area contributed by atoms with Crippen LogP contribution in [0.1, 0.15) is 20.1 Å². The Morgan fingerprint density at radius 1 is 1.57 bits per heavy atom. The van der Waals surface area contributed by atoms with Crippen LogP contribution in [-0.2, 0) is 9.47 Å². The van der Waals surface area contributed by atoms with E-state index in [-0.39, 0.29) is 17.4 Å². The molecule has 0 N–H and O–H groups in total. The summed E-state index contributed by atoms with van der Waals surface area (Å²) in [5, 5.41) is 0. The van der Waals surface area contributed by atoms with Crippen molar-refractivity contribution in [3.8, 4) is 0 Å². The summed E-state index contributed by atoms with van der Waals surface area (Å²) in [6, 6.07) is 1.82. The van der Waals surface area contributed by atoms with Crippen LogP contribution >= 0.6 is 11.8 Å². The van der Waals surface area contributed by atoms with Crippen LogP contribution in [0.3, 0.4) is 0 Å². The lowest BCUT2D eigenvalue weighted by atomic mass is 10.2. The van der Waals surface area contributed by atoms with E-state index in [4.69, 9.17) is 9.47 Å². The van der Waals surface area contributed by atoms with Crippen molar-refractivity contribution in [1.29, 1.82) is 0 Å². The first-order valence-electron chi connectivity index (χ1n) is 7.08. The predicted molar refractivity (Wildman–Crippen MR) is 84.8 cm³/mol. The van der Waals surface area contributed by atoms with Gasteiger partial charge >= 0.3 is 5.69 Å². The number of hydrogen-bond acceptors (Lipinski definition) is 6. The van der Waals surface area contributed by atoms with Gasteiger partial charge in [-0.25, -0.2) is 4.79 Å². The largest absolute Gasteiger partial charge is 0.378 e. The van der Waals surface area contributed by atoms with Gasteiger partial charge in [0.15, 0.2) is 0 Å². The Balaban J connectivity index is 1.93. The molecule has 7 heteroatoms. The van der Waals surface area contributed by atoms with E-state index in [2.05, 4.69) is 18.8 Å². The van der Waals surface area contributed by atoms with Crippen LogP contribution in [0.4, 0.5) is 5.82 Å². The Kier molecular flexibility index (Phi) is 5.66. The SMILES string of the molecule is CC(C)COC[C@H]1O[C@@H](n2ccc(N(C)C)nc2=O)CS1. The van der Waals surface area contributed by atoms with E-state index in [1.54, 1.807) is 27.4 Å². The molecule has 1 aromatic heterocycles. The van der Waals surface area contributed by atoms with Crippen molar-refractivity contribution in [2.45, 2.75) is 25.5 Å². The average molecular weight is 313 g/mol. The summed E-state index contributed by atoms with van der Waals surface area (Å²) < 4.78 is 13.0. The number of hydrogen-bond donors (Lipinski definition) is 0. The number of anilines is 1. The first kappa shape index (κ1) is 16.3. The van der Waals surface area contributed by atoms with Gasteiger partial charge in [0, 0.05) is 32.7 Å². The number of ether oxygens (including phenoxy) is 2. The smallest absolute Gasteiger partial charge is 0.351 e. The van der Waals surface area contributed by atoms with Crippen molar-refractivity contribution in [1.82, 2.24) is 9.55 Å². The van der Waals surface area contributed by atoms with Crippen molar-refractivity contribution < 1.29 is 9.47 Å². The highest BCUT2D eigenvalue weighted by Crippen LogP contribution is 2.31. The topological polar surface area (TPSA) is 56.6 Å². The molecule has 21 heavy (non-hydrogen) atoms. The molecular formula is C14H23N3O3S. The maximum absolute atomic E-state index is 12.0. The van der Waals surface area contributed by atoms with E-state index in [9.17, 15) is 4.79 Å². The molecule has 1 aromatic rings. The van der Waals surface area contributed by atoms with Gasteiger partial charge in [0.2, 0.25) is 0 Å². The summed E-state index contributed by atoms with van der Waals surface area (Å²) in [5.74, 6) is 1.90. The van der Waals surface area contributed by atoms with Crippen LogP contribution in [-0.4, -0.2) is 48.0 Å². The summed E-state index contributed by atoms with van der Waals surface area (Å²) in [5.41, 5.74) is -0.301. The normalized spacial score (nSPS) is 22.0. The number of nitrogens with zero attached hydrogens (tertiary/aromatic N) is 3. The molecule has 0 amide bonds. The second-order valence-electron chi connectivity index (χ2n) is 5.65. The van der Waals surface area contributed by atoms with Crippen molar-refractivity contribution >= 4 is 17.6 Å². The summed E-state index contributed by atoms with van der Waals surface area (Å²) in [6.45, 7) is 5.51. The van der Waals surface area contributed by atoms with E-state index in [1.807, 2.05) is 20.2 Å². The Labute approximate surface area is 129 Å². The zero-order chi connectivity index (χ0) is 15.4. The predicted octanol–water partition coefficient (Wildman–Crippen LogP) is 1.57. The molecule has 2 heterocycles. The fourth-order valence-electron chi connectivity index (χ4n) is 1.95. The molecule has 0 aliphatic carbocycles. The van der Waals surface area contributed by atoms with Gasteiger partial charge in [-0.2, -0.15) is 4.98 Å². The zero-order valence-corrected chi connectivity index (χ0v) is 13.8. The van der Waals surface area contributed by atoms with Crippen LogP contribution in [0.15, 0.2) is 17.1 Å². The van der Waals surface area contributed by atoms with Crippen molar-refractivity contribution in [3.63, 3.8) is 0 Å². The van der Waals surface area contributed by atoms with Crippen LogP contribution in [0.25, 0.3) is 0 Å². The molecule has 2 atom stereocenters. The van der Waals surface area contributed by atoms with Crippen molar-refractivity contribution in [2.75, 3.05) is 38.0 Å². The summed E-state index contributed by atoms with van der Waals surface area (Å²) in [4.78, 5) is 17.9. The second kappa shape index (κ2) is 7.29. The van der Waals surface area contributed by atoms with Gasteiger partial charge < -0.3 is 14.4 Å². The van der Waals surface area contributed by atoms with Gasteiger partial charge in [-0.05, 0) is 12.0 Å². The number of aromatic nitrogens is 2. The van der Waals surface area contributed by atoms with E-state index < -0.39 is 0 Å². The van der Waals surface area contributed by atoms with E-state index in [0.29, 0.717) is 18.3 Å². The van der Waals surface area contributed by atoms with Crippen LogP contribution in [0.5, 0.6) is 0 Å². The highest BCUT2D eigenvalue weighted by Gasteiger charge is 2.28. The van der Waals surface area contributed by atoms with Gasteiger partial charge in [0.05, 0.1) is 6.61 Å². The molecular weight excluding hydrogens is 290 g/mol. The number of rotatable bonds is 6. The van der Waals surface area contributed by atoms with Crippen LogP contribution < -0.4 is 10.6 Å². The maximum atomic E-state index is 12.0. The third kappa shape index (κ3) is 4.46. The Hall–Kier alpha value is -1.05. The fourth-order valence-corrected chi connectivity index (χ4v) is 2.97. The summed E-state index contributed by atoms with van der Waals surface area (Å²) >= 11 is 1.67. The molecule has 0 saturated carbocycles. The minimum Gasteiger partial charge on any atom is -0.378 e. The Morgan fingerprint density at radius 2 is 2.33 bits per heavy atom. The standard InChI is InChI=1S/C14H23N3O3S/c1-10(2)7-19-8-13-20-12(9-21-13)17-6-5-11(16(3)4)15-14(17)18/h5-6,10,12-13H,7-9H2,1-4H3/t12-,13+/m1/s1. The number of thioether (sulfide) groups is 1. The third-order valence-corrected chi connectivity index (χ3v) is 4.12. The molecule has 0 aromatic carbocycles. The molecule has 0 bridgehead atoms. The molecule has 1 aliphatic rings. The maximum Gasteiger partial charge on any atom is 0.351 e. The van der Waals surface area contributed by atoms with Crippen molar-refractivity contribution in [3.05, 3.63) is 22.7 Å². The van der Waals surface area contributed by atoms with Gasteiger partial charge in [0.25, 0.3) is 0 Å². The lowest BCUT2D eigenvalue weighted by Gasteiger charge is -2.17. The summed E-state index contributed by atoms with van der Waals surface area (Å²) in [6.07, 6.45) is 1.48. The van der Waals surface area contributed by atoms with Gasteiger partial charge in [-0.3, -0.25) is 4.57 Å². The van der Waals surface area contributed by atoms with Gasteiger partial charge in [-0.15, -0.1) is 11.8 Å². The molecule has 0 unspecified atom stereocenters. The van der Waals surface area contributed by atoms with E-state index >= 15 is 0 Å². The summed E-state index contributed by atoms with van der Waals surface area (Å²) in [7, 11) is 3.71. The molecule has 0 radical (unpaired) electrons. The second-order valence-corrected chi connectivity index (χ2v) is 6.85. The molecule has 0 spiro atoms. The Morgan fingerprint density at radius 3 is 2.95 bits per heavy atom. The quantitative estimate of drug-likeness (QED) is 0.794. The lowest BCUT2D eigenvalue weighted by molar-refractivity contribution is -0.0286. The van der Waals surface area contributed by atoms with Crippen molar-refractivity contribution in [2.24, 2.45) is 5.92 Å². The zero-order valence-electron chi connectivity index (χ0n) is 13.0. The monoisotopic (exact) mass is 313 g/mol. The minimum absolute atomic E-state index is 0.0193. The Bertz CT molecular complexity index is 518. The first-order chi connectivity index (χ1) is 9.97. The highest BCUT2D eigenvalue weighted by molar-refractivity contribution is 8.00. The molecule has 118 valence electrons. The molecule has 1 aliphatic heterocycles. The average Bonchev–Trinajstić information content (AvgIpc) is 2.86. The minimum atomic E-state index is -0.282. The third-order valence-electron chi connectivity index (χ3n) is 3.02. The molecule has 1 saturated heterocycles. The first-order valence-corrected chi connectivity index (χ1v) is 8.13. The van der Waals surface area contributed by atoms with Crippen LogP contribution in [0, 0.1) is 5.92 Å². The molecule has 1 fully saturated rings. The van der Waals surface area contributed by atoms with E-state index in [0.717, 1.165) is 12.4 Å². The van der Waals surface area contributed by atoms with Gasteiger partial charge in [-0.1, -0.05) is 13.8 Å².